The molecule has 0 spiro atoms. The molecule has 702 valence electrons. The number of hydrogen-bond donors (Lipinski definition) is 3. The Morgan fingerprint density at radius 1 is 0.537 bits per heavy atom. The summed E-state index contributed by atoms with van der Waals surface area (Å²) in [5.74, 6) is -11.7. The number of rotatable bonds is 25. The fourth-order valence-corrected chi connectivity index (χ4v) is 18.0. The fraction of sp³-hybridized carbons (Fsp3) is 0.176. The van der Waals surface area contributed by atoms with Gasteiger partial charge < -0.3 is 36.3 Å². The number of nitriles is 1. The summed E-state index contributed by atoms with van der Waals surface area (Å²) in [5.41, 5.74) is 24.5. The van der Waals surface area contributed by atoms with Crippen LogP contribution in [-0.2, 0) is 70.6 Å². The van der Waals surface area contributed by atoms with Crippen molar-refractivity contribution in [3.63, 3.8) is 0 Å². The van der Waals surface area contributed by atoms with Gasteiger partial charge in [-0.3, -0.25) is 18.7 Å². The molecule has 6 N–H and O–H groups in total. The number of ether oxygens (including phenoxy) is 3. The number of nitrogens with zero attached hydrogens (tertiary/aromatic N) is 11. The zero-order valence-electron chi connectivity index (χ0n) is 74.4. The second kappa shape index (κ2) is 41.7. The van der Waals surface area contributed by atoms with Crippen LogP contribution in [0.5, 0.6) is 34.9 Å². The summed E-state index contributed by atoms with van der Waals surface area (Å²) < 4.78 is 255. The molecule has 0 saturated carbocycles. The molecule has 0 amide bonds. The van der Waals surface area contributed by atoms with Gasteiger partial charge in [0.25, 0.3) is 10.0 Å². The molecule has 6 heterocycles. The van der Waals surface area contributed by atoms with E-state index < -0.39 is 138 Å². The Morgan fingerprint density at radius 2 is 0.948 bits per heavy atom. The van der Waals surface area contributed by atoms with Crippen molar-refractivity contribution in [2.45, 2.75) is 70.4 Å². The second-order valence-electron chi connectivity index (χ2n) is 30.6. The molecular weight excluding hydrogens is 1970 g/mol. The number of fused-ring (bicyclic) bond motifs is 3. The van der Waals surface area contributed by atoms with Crippen molar-refractivity contribution in [1.82, 2.24) is 43.4 Å². The number of halogens is 11. The van der Waals surface area contributed by atoms with Crippen LogP contribution in [-0.4, -0.2) is 134 Å². The summed E-state index contributed by atoms with van der Waals surface area (Å²) >= 11 is 0. The number of pyridine rings is 3. The number of hydrogen-bond acceptors (Lipinski definition) is 24. The van der Waals surface area contributed by atoms with Crippen LogP contribution in [0.25, 0.3) is 34.4 Å². The third kappa shape index (κ3) is 23.2. The van der Waals surface area contributed by atoms with Crippen molar-refractivity contribution < 1.29 is 105 Å². The van der Waals surface area contributed by atoms with E-state index in [9.17, 15) is 92.8 Å². The van der Waals surface area contributed by atoms with Gasteiger partial charge >= 0.3 is 0 Å². The summed E-state index contributed by atoms with van der Waals surface area (Å²) in [5, 5.41) is 18.0. The molecular formula is C91H83ClF9IN14O14S4. The lowest BCUT2D eigenvalue weighted by Crippen LogP contribution is -2.30. The van der Waals surface area contributed by atoms with E-state index in [1.54, 1.807) is 78.2 Å². The Labute approximate surface area is 789 Å². The van der Waals surface area contributed by atoms with E-state index >= 15 is 0 Å². The van der Waals surface area contributed by atoms with Crippen molar-refractivity contribution in [2.24, 2.45) is 5.73 Å². The highest BCUT2D eigenvalue weighted by Crippen LogP contribution is 2.39. The summed E-state index contributed by atoms with van der Waals surface area (Å²) in [7, 11) is -12.0. The zero-order valence-corrected chi connectivity index (χ0v) is 78.8. The number of carbonyl (C=O) groups is 3. The minimum atomic E-state index is -4.38. The third-order valence-electron chi connectivity index (χ3n) is 20.2. The van der Waals surface area contributed by atoms with Crippen molar-refractivity contribution in [1.29, 1.82) is 5.26 Å². The highest BCUT2D eigenvalue weighted by molar-refractivity contribution is 14.0. The number of sulfonamides is 1. The quantitative estimate of drug-likeness (QED) is 0.0157. The minimum absolute atomic E-state index is 0. The molecule has 0 saturated heterocycles. The first-order valence-electron chi connectivity index (χ1n) is 40.2. The van der Waals surface area contributed by atoms with Crippen LogP contribution in [0.3, 0.4) is 0 Å². The van der Waals surface area contributed by atoms with Gasteiger partial charge in [0.05, 0.1) is 81.2 Å². The maximum atomic E-state index is 14.8. The summed E-state index contributed by atoms with van der Waals surface area (Å²) in [4.78, 5) is 53.4. The van der Waals surface area contributed by atoms with Gasteiger partial charge in [0.1, 0.15) is 46.4 Å². The number of sulfone groups is 2. The molecule has 6 aromatic heterocycles. The maximum absolute atomic E-state index is 14.8. The Morgan fingerprint density at radius 3 is 1.34 bits per heavy atom. The van der Waals surface area contributed by atoms with Crippen LogP contribution < -0.4 is 35.7 Å². The van der Waals surface area contributed by atoms with Crippen molar-refractivity contribution >= 4 is 134 Å². The average Bonchev–Trinajstić information content (AvgIpc) is 1.58. The van der Waals surface area contributed by atoms with Crippen LogP contribution in [0, 0.1) is 91.4 Å². The van der Waals surface area contributed by atoms with Crippen LogP contribution in [0.4, 0.5) is 56.8 Å². The Kier molecular flexibility index (Phi) is 31.4. The summed E-state index contributed by atoms with van der Waals surface area (Å²) in [6.07, 6.45) is 14.4. The molecule has 0 aliphatic heterocycles. The number of nitrogens with two attached hydrogens (primary N) is 3. The first-order valence-corrected chi connectivity index (χ1v) is 46.7. The number of ketones is 3. The number of allylic oxidation sites excluding steroid dienone is 3. The molecule has 2 aliphatic rings. The van der Waals surface area contributed by atoms with Gasteiger partial charge in [0.15, 0.2) is 66.1 Å². The van der Waals surface area contributed by atoms with Gasteiger partial charge in [-0.15, -0.1) is 36.4 Å². The van der Waals surface area contributed by atoms with E-state index in [4.69, 9.17) is 34.4 Å². The lowest BCUT2D eigenvalue weighted by atomic mass is 10.0. The molecule has 0 fully saturated rings. The predicted octanol–water partition coefficient (Wildman–Crippen LogP) is 16.9. The van der Waals surface area contributed by atoms with Crippen LogP contribution >= 0.6 is 36.4 Å². The van der Waals surface area contributed by atoms with E-state index in [0.29, 0.717) is 62.4 Å². The molecule has 0 unspecified atom stereocenters. The molecule has 0 radical (unpaired) electrons. The van der Waals surface area contributed by atoms with E-state index in [1.165, 1.54) is 124 Å². The van der Waals surface area contributed by atoms with Crippen LogP contribution in [0.1, 0.15) is 102 Å². The van der Waals surface area contributed by atoms with Gasteiger partial charge in [-0.05, 0) is 176 Å². The molecule has 7 aromatic carbocycles. The second-order valence-corrected chi connectivity index (χ2v) is 38.5. The number of para-hydroxylation sites is 3. The third-order valence-corrected chi connectivity index (χ3v) is 24.9. The number of carbonyl (C=O) groups excluding carboxylic acids is 3. The number of aromatic nitrogens is 8. The molecule has 0 atom stereocenters. The standard InChI is InChI=1S/C28H24F3N5O4S.C27H21F3N4O4S.C23H22FN3O5S2.C13H12F2N2O.ClH.HI.H2/c1-4-35(41(3,38)39)23-12-17-10-18(9-16(17)11-22(23)31)26(37)19-13-34-36(28(19)32)24-14-33-25(8-15(24)2)40-27-20(29)6-5-7-21(27)30;1-14-6-24(38-26-20(28)4-3-5-21(26)29)32-12-23(14)34-27(31)19(11-33-34)25(35)17-7-15-9-18(13-39(2,36)37)22(30)10-16(15)8-17;1-15-5-7-19(8-6-15)34(31,32)27-21-11-17(14-33(4,29)30)20(24)9-16(21)10-22(27)23(28)18(12-25)13-26(2)3;1-8-5-12(17-7-9(8)6-16)18-13-10(14)3-2-4-11(13)15;;;/h5-9,11-14H,4,10,32H2,1-3H3;3-6,8-12H,7,13,31H2,1-2H3;5-11,13H,14H2,1-4H3;2-5,7H,6,16H2,1H3;3*1H/i;;;;;;1+2T. The van der Waals surface area contributed by atoms with Gasteiger partial charge in [-0.1, -0.05) is 42.0 Å². The Balaban J connectivity index is 0.000000207. The normalized spacial score (nSPS) is 12.2. The Bertz CT molecular complexity index is 7460. The summed E-state index contributed by atoms with van der Waals surface area (Å²) in [6, 6.07) is 30.9. The SMILES string of the molecule is CCN(c1cc2c(cc1F)C=C(C(=O)c1cnn(-c3cnc(Oc4c(F)cccc4F)cc3C)c1N)C2)S(C)(=O)=O.Cc1cc(Oc2c(F)cccc2F)ncc1-n1ncc(C(=O)C2=Cc3cc(F)c(CS(C)(=O)=O)cc3C2)c1N.Cc1cc(Oc2c(F)cccc2F)ncc1CN.Cc1ccc(S(=O)(=O)n2c(C(=O)C(C#N)=CN(C)C)cc3cc(F)c(CS(C)(=O)=O)cc32)cc1.Cl.I.[3H][3H]. The van der Waals surface area contributed by atoms with E-state index in [2.05, 4.69) is 25.1 Å². The van der Waals surface area contributed by atoms with Crippen LogP contribution in [0.15, 0.2) is 198 Å². The van der Waals surface area contributed by atoms with Crippen molar-refractivity contribution in [3.05, 3.63) is 324 Å². The maximum Gasteiger partial charge on any atom is 0.268 e. The molecule has 2 aliphatic carbocycles. The zero-order chi connectivity index (χ0) is 98.2. The van der Waals surface area contributed by atoms with E-state index in [0.717, 1.165) is 92.3 Å². The van der Waals surface area contributed by atoms with Gasteiger partial charge in [0, 0.05) is 114 Å². The highest BCUT2D eigenvalue weighted by atomic mass is 127. The molecule has 0 bridgehead atoms. The Hall–Kier alpha value is -13.6. The lowest BCUT2D eigenvalue weighted by molar-refractivity contribution is 0.102. The van der Waals surface area contributed by atoms with Gasteiger partial charge in [0.2, 0.25) is 50.7 Å². The van der Waals surface area contributed by atoms with Gasteiger partial charge in [-0.2, -0.15) is 15.5 Å². The topological polar surface area (TPSA) is 403 Å². The number of Topliss-reactive ketones (excluding diaryl/α,β-unsaturated/α-hetero) is 3. The van der Waals surface area contributed by atoms with E-state index in [1.807, 2.05) is 6.92 Å². The predicted molar refractivity (Wildman–Crippen MR) is 499 cm³/mol. The van der Waals surface area contributed by atoms with Crippen molar-refractivity contribution in [3.8, 4) is 52.3 Å². The first kappa shape index (κ1) is 101. The highest BCUT2D eigenvalue weighted by Gasteiger charge is 2.33. The number of nitrogen functional groups attached to an aromatic ring is 2. The fourth-order valence-electron chi connectivity index (χ4n) is 13.9. The molecule has 43 heteroatoms. The summed E-state index contributed by atoms with van der Waals surface area (Å²) in [6.45, 7) is 8.97. The van der Waals surface area contributed by atoms with Crippen LogP contribution in [0.2, 0.25) is 0 Å². The molecule has 134 heavy (non-hydrogen) atoms. The lowest BCUT2D eigenvalue weighted by Gasteiger charge is -2.21. The average molecular weight is 2060 g/mol. The molecule has 28 nitrogen and oxygen atoms in total. The van der Waals surface area contributed by atoms with Crippen molar-refractivity contribution in [2.75, 3.05) is 55.2 Å². The first-order chi connectivity index (χ1) is 63.1. The number of anilines is 3. The molecule has 15 rings (SSSR count). The van der Waals surface area contributed by atoms with E-state index in [-0.39, 0.29) is 140 Å². The van der Waals surface area contributed by atoms with Gasteiger partial charge in [-0.25, -0.2) is 101 Å². The number of aryl methyl sites for hydroxylation is 4. The molecule has 13 aromatic rings. The smallest absolute Gasteiger partial charge is 0.268 e. The monoisotopic (exact) mass is 2060 g/mol. The number of benzene rings is 7. The largest absolute Gasteiger partial charge is 0.433 e. The minimum Gasteiger partial charge on any atom is -0.433 e.